The number of aromatic nitrogens is 5. The van der Waals surface area contributed by atoms with Gasteiger partial charge in [0.15, 0.2) is 0 Å². The van der Waals surface area contributed by atoms with Gasteiger partial charge >= 0.3 is 0 Å². The van der Waals surface area contributed by atoms with Gasteiger partial charge in [0.25, 0.3) is 0 Å². The highest BCUT2D eigenvalue weighted by molar-refractivity contribution is 9.10. The highest BCUT2D eigenvalue weighted by Gasteiger charge is 2.18. The van der Waals surface area contributed by atoms with E-state index in [9.17, 15) is 0 Å². The van der Waals surface area contributed by atoms with Crippen LogP contribution in [0.4, 0.5) is 0 Å². The molecule has 0 unspecified atom stereocenters. The summed E-state index contributed by atoms with van der Waals surface area (Å²) in [5, 5.41) is 8.57. The minimum atomic E-state index is 0.123. The summed E-state index contributed by atoms with van der Waals surface area (Å²) in [7, 11) is 0. The second-order valence-electron chi connectivity index (χ2n) is 6.82. The molecule has 2 heterocycles. The van der Waals surface area contributed by atoms with E-state index in [0.717, 1.165) is 34.2 Å². The molecule has 24 heavy (non-hydrogen) atoms. The van der Waals surface area contributed by atoms with E-state index >= 15 is 0 Å². The van der Waals surface area contributed by atoms with Crippen molar-refractivity contribution in [1.82, 2.24) is 25.0 Å². The largest absolute Gasteiger partial charge is 0.436 e. The average Bonchev–Trinajstić information content (AvgIpc) is 2.92. The van der Waals surface area contributed by atoms with Crippen molar-refractivity contribution in [2.24, 2.45) is 5.41 Å². The van der Waals surface area contributed by atoms with Gasteiger partial charge in [-0.1, -0.05) is 32.9 Å². The van der Waals surface area contributed by atoms with Crippen LogP contribution in [0.25, 0.3) is 11.0 Å². The lowest BCUT2D eigenvalue weighted by molar-refractivity contribution is 0.327. The Hall–Kier alpha value is -2.02. The number of ether oxygens (including phenoxy) is 1. The van der Waals surface area contributed by atoms with Gasteiger partial charge in [-0.3, -0.25) is 4.98 Å². The second kappa shape index (κ2) is 6.47. The molecule has 126 valence electrons. The maximum Gasteiger partial charge on any atom is 0.241 e. The van der Waals surface area contributed by atoms with Gasteiger partial charge in [0, 0.05) is 18.9 Å². The van der Waals surface area contributed by atoms with E-state index in [2.05, 4.69) is 57.0 Å². The van der Waals surface area contributed by atoms with E-state index in [1.54, 1.807) is 12.4 Å². The first kappa shape index (κ1) is 16.8. The second-order valence-corrected chi connectivity index (χ2v) is 7.61. The SMILES string of the molecule is CCc1nccnc1Oc1ccc2c(nnn2CC(C)(C)C)c1Br. The van der Waals surface area contributed by atoms with Crippen LogP contribution in [0.2, 0.25) is 0 Å². The number of nitrogens with zero attached hydrogens (tertiary/aromatic N) is 5. The molecule has 6 nitrogen and oxygen atoms in total. The number of fused-ring (bicyclic) bond motifs is 1. The summed E-state index contributed by atoms with van der Waals surface area (Å²) in [6.45, 7) is 9.33. The maximum atomic E-state index is 5.95. The van der Waals surface area contributed by atoms with Gasteiger partial charge in [0.1, 0.15) is 17.0 Å². The molecule has 0 spiro atoms. The predicted molar refractivity (Wildman–Crippen MR) is 96.2 cm³/mol. The van der Waals surface area contributed by atoms with Crippen LogP contribution in [0.5, 0.6) is 11.6 Å². The lowest BCUT2D eigenvalue weighted by Gasteiger charge is -2.18. The predicted octanol–water partition coefficient (Wildman–Crippen LogP) is 4.38. The van der Waals surface area contributed by atoms with Crippen molar-refractivity contribution in [2.75, 3.05) is 0 Å². The van der Waals surface area contributed by atoms with Gasteiger partial charge < -0.3 is 4.74 Å². The molecule has 0 saturated heterocycles. The van der Waals surface area contributed by atoms with Crippen molar-refractivity contribution in [2.45, 2.75) is 40.7 Å². The van der Waals surface area contributed by atoms with Crippen LogP contribution in [0, 0.1) is 5.41 Å². The van der Waals surface area contributed by atoms with Gasteiger partial charge in [-0.05, 0) is 39.9 Å². The first-order chi connectivity index (χ1) is 11.4. The molecular weight excluding hydrogens is 370 g/mol. The third-order valence-electron chi connectivity index (χ3n) is 3.49. The average molecular weight is 390 g/mol. The fourth-order valence-corrected chi connectivity index (χ4v) is 2.91. The Bertz CT molecular complexity index is 869. The lowest BCUT2D eigenvalue weighted by Crippen LogP contribution is -2.16. The van der Waals surface area contributed by atoms with Crippen LogP contribution >= 0.6 is 15.9 Å². The summed E-state index contributed by atoms with van der Waals surface area (Å²) < 4.78 is 8.64. The smallest absolute Gasteiger partial charge is 0.241 e. The minimum absolute atomic E-state index is 0.123. The van der Waals surface area contributed by atoms with Gasteiger partial charge in [-0.15, -0.1) is 5.10 Å². The highest BCUT2D eigenvalue weighted by atomic mass is 79.9. The quantitative estimate of drug-likeness (QED) is 0.661. The van der Waals surface area contributed by atoms with E-state index in [0.29, 0.717) is 11.6 Å². The number of hydrogen-bond acceptors (Lipinski definition) is 5. The van der Waals surface area contributed by atoms with Gasteiger partial charge in [-0.2, -0.15) is 0 Å². The molecule has 0 aliphatic rings. The summed E-state index contributed by atoms with van der Waals surface area (Å²) in [6.07, 6.45) is 4.05. The van der Waals surface area contributed by atoms with Crippen molar-refractivity contribution in [3.05, 3.63) is 34.7 Å². The maximum absolute atomic E-state index is 5.95. The molecule has 3 rings (SSSR count). The first-order valence-electron chi connectivity index (χ1n) is 7.88. The van der Waals surface area contributed by atoms with Crippen LogP contribution in [0.15, 0.2) is 29.0 Å². The van der Waals surface area contributed by atoms with E-state index < -0.39 is 0 Å². The molecule has 0 bridgehead atoms. The van der Waals surface area contributed by atoms with Crippen LogP contribution in [-0.2, 0) is 13.0 Å². The Labute approximate surface area is 149 Å². The molecule has 0 atom stereocenters. The zero-order valence-corrected chi connectivity index (χ0v) is 15.8. The van der Waals surface area contributed by atoms with Crippen molar-refractivity contribution in [3.8, 4) is 11.6 Å². The number of halogens is 1. The van der Waals surface area contributed by atoms with Crippen molar-refractivity contribution in [3.63, 3.8) is 0 Å². The van der Waals surface area contributed by atoms with Crippen LogP contribution in [0.3, 0.4) is 0 Å². The van der Waals surface area contributed by atoms with Crippen molar-refractivity contribution in [1.29, 1.82) is 0 Å². The standard InChI is InChI=1S/C17H20BrN5O/c1-5-11-16(20-9-8-19-11)24-13-7-6-12-15(14(13)18)21-22-23(12)10-17(2,3)4/h6-9H,5,10H2,1-4H3. The van der Waals surface area contributed by atoms with Gasteiger partial charge in [-0.25, -0.2) is 9.67 Å². The molecular formula is C17H20BrN5O. The molecule has 0 radical (unpaired) electrons. The summed E-state index contributed by atoms with van der Waals surface area (Å²) in [5.74, 6) is 1.17. The third-order valence-corrected chi connectivity index (χ3v) is 4.26. The number of hydrogen-bond donors (Lipinski definition) is 0. The monoisotopic (exact) mass is 389 g/mol. The van der Waals surface area contributed by atoms with Gasteiger partial charge in [0.2, 0.25) is 5.88 Å². The van der Waals surface area contributed by atoms with E-state index in [4.69, 9.17) is 4.74 Å². The summed E-state index contributed by atoms with van der Waals surface area (Å²) in [4.78, 5) is 8.57. The number of benzene rings is 1. The molecule has 7 heteroatoms. The van der Waals surface area contributed by atoms with E-state index in [-0.39, 0.29) is 5.41 Å². The molecule has 2 aromatic heterocycles. The molecule has 0 aliphatic heterocycles. The van der Waals surface area contributed by atoms with Crippen molar-refractivity contribution >= 4 is 27.0 Å². The van der Waals surface area contributed by atoms with Crippen molar-refractivity contribution < 1.29 is 4.74 Å². The number of rotatable bonds is 4. The normalized spacial score (nSPS) is 11.9. The number of aryl methyl sites for hydroxylation is 1. The zero-order chi connectivity index (χ0) is 17.3. The fourth-order valence-electron chi connectivity index (χ4n) is 2.42. The molecule has 1 aromatic carbocycles. The first-order valence-corrected chi connectivity index (χ1v) is 8.68. The summed E-state index contributed by atoms with van der Waals surface area (Å²) >= 11 is 3.59. The summed E-state index contributed by atoms with van der Waals surface area (Å²) in [5.41, 5.74) is 2.69. The highest BCUT2D eigenvalue weighted by Crippen LogP contribution is 2.35. The molecule has 0 aliphatic carbocycles. The van der Waals surface area contributed by atoms with Crippen LogP contribution < -0.4 is 4.74 Å². The molecule has 0 N–H and O–H groups in total. The molecule has 3 aromatic rings. The lowest BCUT2D eigenvalue weighted by atomic mass is 9.97. The van der Waals surface area contributed by atoms with E-state index in [1.807, 2.05) is 23.7 Å². The molecule has 0 saturated carbocycles. The molecule has 0 fully saturated rings. The Morgan fingerprint density at radius 2 is 1.92 bits per heavy atom. The Morgan fingerprint density at radius 3 is 2.62 bits per heavy atom. The van der Waals surface area contributed by atoms with E-state index in [1.165, 1.54) is 0 Å². The van der Waals surface area contributed by atoms with Gasteiger partial charge in [0.05, 0.1) is 9.99 Å². The Kier molecular flexibility index (Phi) is 4.54. The topological polar surface area (TPSA) is 65.7 Å². The Morgan fingerprint density at radius 1 is 1.17 bits per heavy atom. The fraction of sp³-hybridized carbons (Fsp3) is 0.412. The Balaban J connectivity index is 1.98. The molecule has 0 amide bonds. The third kappa shape index (κ3) is 3.40. The zero-order valence-electron chi connectivity index (χ0n) is 14.2. The summed E-state index contributed by atoms with van der Waals surface area (Å²) in [6, 6.07) is 3.88. The minimum Gasteiger partial charge on any atom is -0.436 e. The van der Waals surface area contributed by atoms with Crippen LogP contribution in [0.1, 0.15) is 33.4 Å². The van der Waals surface area contributed by atoms with Crippen LogP contribution in [-0.4, -0.2) is 25.0 Å².